The Morgan fingerprint density at radius 1 is 1.25 bits per heavy atom. The number of hydrogen-bond acceptors (Lipinski definition) is 1. The second-order valence-corrected chi connectivity index (χ2v) is 6.62. The second kappa shape index (κ2) is 9.18. The Morgan fingerprint density at radius 2 is 2.00 bits per heavy atom. The van der Waals surface area contributed by atoms with E-state index < -0.39 is 0 Å². The normalized spacial score (nSPS) is 12.7. The van der Waals surface area contributed by atoms with E-state index in [1.54, 1.807) is 0 Å². The van der Waals surface area contributed by atoms with E-state index in [9.17, 15) is 4.79 Å². The summed E-state index contributed by atoms with van der Waals surface area (Å²) in [6, 6.07) is 8.02. The zero-order chi connectivity index (χ0) is 15.0. The van der Waals surface area contributed by atoms with E-state index in [2.05, 4.69) is 26.8 Å². The van der Waals surface area contributed by atoms with Crippen molar-refractivity contribution >= 4 is 17.4 Å². The molecular weight excluding hydrogens is 268 g/mol. The third-order valence-corrected chi connectivity index (χ3v) is 3.77. The van der Waals surface area contributed by atoms with Crippen LogP contribution in [0.25, 0.3) is 0 Å². The average Bonchev–Trinajstić information content (AvgIpc) is 2.35. The lowest BCUT2D eigenvalue weighted by Crippen LogP contribution is -2.13. The quantitative estimate of drug-likeness (QED) is 0.571. The molecule has 1 rings (SSSR count). The molecule has 112 valence electrons. The van der Waals surface area contributed by atoms with E-state index in [0.29, 0.717) is 30.5 Å². The molecule has 0 spiro atoms. The fraction of sp³-hybridized carbons (Fsp3) is 0.611. The van der Waals surface area contributed by atoms with E-state index in [0.717, 1.165) is 17.9 Å². The van der Waals surface area contributed by atoms with E-state index in [4.69, 9.17) is 11.6 Å². The predicted molar refractivity (Wildman–Crippen MR) is 87.3 cm³/mol. The van der Waals surface area contributed by atoms with Crippen LogP contribution in [0.5, 0.6) is 0 Å². The second-order valence-electron chi connectivity index (χ2n) is 6.18. The Kier molecular flexibility index (Phi) is 7.91. The maximum Gasteiger partial charge on any atom is 0.133 e. The Morgan fingerprint density at radius 3 is 2.60 bits per heavy atom. The lowest BCUT2D eigenvalue weighted by Gasteiger charge is -2.17. The first-order chi connectivity index (χ1) is 9.51. The smallest absolute Gasteiger partial charge is 0.133 e. The topological polar surface area (TPSA) is 17.1 Å². The lowest BCUT2D eigenvalue weighted by molar-refractivity contribution is -0.120. The highest BCUT2D eigenvalue weighted by atomic mass is 35.5. The molecule has 0 heterocycles. The van der Waals surface area contributed by atoms with Crippen molar-refractivity contribution in [1.29, 1.82) is 0 Å². The first-order valence-corrected chi connectivity index (χ1v) is 8.15. The number of rotatable bonds is 9. The van der Waals surface area contributed by atoms with E-state index in [1.807, 2.05) is 18.2 Å². The summed E-state index contributed by atoms with van der Waals surface area (Å²) < 4.78 is 0. The Balaban J connectivity index is 2.61. The molecule has 0 radical (unpaired) electrons. The highest BCUT2D eigenvalue weighted by Gasteiger charge is 2.15. The summed E-state index contributed by atoms with van der Waals surface area (Å²) in [5.41, 5.74) is 1.25. The summed E-state index contributed by atoms with van der Waals surface area (Å²) in [6.07, 6.45) is 5.89. The molecule has 1 nitrogen and oxygen atoms in total. The van der Waals surface area contributed by atoms with Crippen LogP contribution in [0.2, 0.25) is 5.02 Å². The van der Waals surface area contributed by atoms with Gasteiger partial charge in [-0.15, -0.1) is 0 Å². The van der Waals surface area contributed by atoms with Gasteiger partial charge in [0.05, 0.1) is 0 Å². The largest absolute Gasteiger partial charge is 0.300 e. The lowest BCUT2D eigenvalue weighted by atomic mass is 9.88. The fourth-order valence-electron chi connectivity index (χ4n) is 2.63. The zero-order valence-electron chi connectivity index (χ0n) is 13.0. The maximum atomic E-state index is 12.1. The standard InChI is InChI=1S/C18H27ClO/c1-4-5-7-16(13-18(20)10-14(2)3)11-15-8-6-9-17(19)12-15/h6,8-9,12,14,16H,4-5,7,10-11,13H2,1-3H3/t16-/m1/s1. The molecule has 0 aliphatic heterocycles. The minimum atomic E-state index is 0.406. The van der Waals surface area contributed by atoms with Gasteiger partial charge in [0.15, 0.2) is 0 Å². The van der Waals surface area contributed by atoms with Crippen molar-refractivity contribution in [2.45, 2.75) is 59.3 Å². The number of unbranched alkanes of at least 4 members (excludes halogenated alkanes) is 1. The molecule has 0 saturated heterocycles. The molecule has 0 amide bonds. The van der Waals surface area contributed by atoms with Crippen LogP contribution in [0.4, 0.5) is 0 Å². The number of benzene rings is 1. The summed E-state index contributed by atoms with van der Waals surface area (Å²) in [7, 11) is 0. The van der Waals surface area contributed by atoms with Gasteiger partial charge >= 0.3 is 0 Å². The first kappa shape index (κ1) is 17.2. The van der Waals surface area contributed by atoms with Crippen molar-refractivity contribution in [3.05, 3.63) is 34.9 Å². The highest BCUT2D eigenvalue weighted by molar-refractivity contribution is 6.30. The number of halogens is 1. The van der Waals surface area contributed by atoms with Crippen LogP contribution in [0.15, 0.2) is 24.3 Å². The first-order valence-electron chi connectivity index (χ1n) is 7.77. The van der Waals surface area contributed by atoms with Gasteiger partial charge in [-0.3, -0.25) is 4.79 Å². The van der Waals surface area contributed by atoms with Gasteiger partial charge in [-0.25, -0.2) is 0 Å². The summed E-state index contributed by atoms with van der Waals surface area (Å²) in [5, 5.41) is 0.783. The van der Waals surface area contributed by atoms with Crippen LogP contribution >= 0.6 is 11.6 Å². The predicted octanol–water partition coefficient (Wildman–Crippen LogP) is 5.69. The van der Waals surface area contributed by atoms with Gasteiger partial charge in [0.1, 0.15) is 5.78 Å². The Bertz CT molecular complexity index is 412. The minimum Gasteiger partial charge on any atom is -0.300 e. The van der Waals surface area contributed by atoms with Crippen molar-refractivity contribution in [3.8, 4) is 0 Å². The SMILES string of the molecule is CCCC[C@@H](CC(=O)CC(C)C)Cc1cccc(Cl)c1. The Hall–Kier alpha value is -0.820. The van der Waals surface area contributed by atoms with Crippen molar-refractivity contribution in [3.63, 3.8) is 0 Å². The maximum absolute atomic E-state index is 12.1. The van der Waals surface area contributed by atoms with Crippen LogP contribution in [-0.2, 0) is 11.2 Å². The molecule has 1 aromatic carbocycles. The molecule has 2 heteroatoms. The average molecular weight is 295 g/mol. The van der Waals surface area contributed by atoms with Crippen LogP contribution in [0, 0.1) is 11.8 Å². The summed E-state index contributed by atoms with van der Waals surface area (Å²) in [4.78, 5) is 12.1. The van der Waals surface area contributed by atoms with Crippen molar-refractivity contribution in [2.75, 3.05) is 0 Å². The Labute approximate surface area is 128 Å². The van der Waals surface area contributed by atoms with Gasteiger partial charge in [-0.05, 0) is 42.4 Å². The van der Waals surface area contributed by atoms with Crippen molar-refractivity contribution in [2.24, 2.45) is 11.8 Å². The summed E-state index contributed by atoms with van der Waals surface area (Å²) in [5.74, 6) is 1.32. The van der Waals surface area contributed by atoms with Crippen molar-refractivity contribution < 1.29 is 4.79 Å². The van der Waals surface area contributed by atoms with Gasteiger partial charge in [-0.1, -0.05) is 57.3 Å². The molecule has 0 N–H and O–H groups in total. The summed E-state index contributed by atoms with van der Waals surface area (Å²) >= 11 is 6.04. The van der Waals surface area contributed by atoms with Gasteiger partial charge in [0.25, 0.3) is 0 Å². The highest BCUT2D eigenvalue weighted by Crippen LogP contribution is 2.22. The molecule has 0 fully saturated rings. The van der Waals surface area contributed by atoms with Gasteiger partial charge < -0.3 is 0 Å². The fourth-order valence-corrected chi connectivity index (χ4v) is 2.84. The number of Topliss-reactive ketones (excluding diaryl/α,β-unsaturated/α-hetero) is 1. The number of hydrogen-bond donors (Lipinski definition) is 0. The van der Waals surface area contributed by atoms with Gasteiger partial charge in [0, 0.05) is 17.9 Å². The molecular formula is C18H27ClO. The summed E-state index contributed by atoms with van der Waals surface area (Å²) in [6.45, 7) is 6.41. The molecule has 1 atom stereocenters. The van der Waals surface area contributed by atoms with Crippen LogP contribution < -0.4 is 0 Å². The van der Waals surface area contributed by atoms with Crippen LogP contribution in [0.3, 0.4) is 0 Å². The molecule has 1 aromatic rings. The molecule has 0 aliphatic carbocycles. The molecule has 0 aliphatic rings. The number of carbonyl (C=O) groups is 1. The third-order valence-electron chi connectivity index (χ3n) is 3.53. The van der Waals surface area contributed by atoms with Crippen molar-refractivity contribution in [1.82, 2.24) is 0 Å². The third kappa shape index (κ3) is 7.09. The van der Waals surface area contributed by atoms with Crippen LogP contribution in [0.1, 0.15) is 58.4 Å². The van der Waals surface area contributed by atoms with Gasteiger partial charge in [-0.2, -0.15) is 0 Å². The number of ketones is 1. The molecule has 20 heavy (non-hydrogen) atoms. The monoisotopic (exact) mass is 294 g/mol. The molecule has 0 bridgehead atoms. The van der Waals surface area contributed by atoms with E-state index >= 15 is 0 Å². The zero-order valence-corrected chi connectivity index (χ0v) is 13.7. The molecule has 0 saturated carbocycles. The van der Waals surface area contributed by atoms with E-state index in [-0.39, 0.29) is 0 Å². The molecule has 0 aromatic heterocycles. The van der Waals surface area contributed by atoms with E-state index in [1.165, 1.54) is 18.4 Å². The van der Waals surface area contributed by atoms with Gasteiger partial charge in [0.2, 0.25) is 0 Å². The number of carbonyl (C=O) groups excluding carboxylic acids is 1. The molecule has 0 unspecified atom stereocenters. The minimum absolute atomic E-state index is 0.406. The van der Waals surface area contributed by atoms with Crippen LogP contribution in [-0.4, -0.2) is 5.78 Å².